The molecule has 0 aliphatic heterocycles. The third-order valence-electron chi connectivity index (χ3n) is 1.76. The molecule has 0 aromatic heterocycles. The summed E-state index contributed by atoms with van der Waals surface area (Å²) in [6, 6.07) is 0. The van der Waals surface area contributed by atoms with Crippen molar-refractivity contribution in [3.8, 4) is 0 Å². The van der Waals surface area contributed by atoms with Gasteiger partial charge in [-0.1, -0.05) is 48.6 Å². The van der Waals surface area contributed by atoms with Crippen LogP contribution in [0.2, 0.25) is 0 Å². The Bertz CT molecular complexity index is 204. The molecule has 0 saturated carbocycles. The molecule has 0 heteroatoms. The zero-order chi connectivity index (χ0) is 8.49. The van der Waals surface area contributed by atoms with E-state index >= 15 is 0 Å². The molecule has 0 amide bonds. The third kappa shape index (κ3) is 4.73. The van der Waals surface area contributed by atoms with Gasteiger partial charge in [-0.05, 0) is 25.7 Å². The molecule has 64 valence electrons. The maximum Gasteiger partial charge on any atom is -0.0166 e. The van der Waals surface area contributed by atoms with Crippen LogP contribution in [0.1, 0.15) is 25.7 Å². The van der Waals surface area contributed by atoms with Crippen molar-refractivity contribution in [2.75, 3.05) is 0 Å². The van der Waals surface area contributed by atoms with Crippen molar-refractivity contribution >= 4 is 0 Å². The van der Waals surface area contributed by atoms with Gasteiger partial charge in [0.25, 0.3) is 0 Å². The normalized spacial score (nSPS) is 26.7. The monoisotopic (exact) mass is 160 g/mol. The standard InChI is InChI=1S/C12H16/c1-2-4-6-8-10-12-11-9-7-5-3-1/h1-4,7,9-10,12H,5-6,8,11H2/b3-1-,4-2+,9-7-,12-10?. The predicted octanol–water partition coefficient (Wildman–Crippen LogP) is 3.79. The van der Waals surface area contributed by atoms with E-state index in [0.717, 1.165) is 25.7 Å². The van der Waals surface area contributed by atoms with Gasteiger partial charge < -0.3 is 0 Å². The van der Waals surface area contributed by atoms with Gasteiger partial charge in [-0.15, -0.1) is 0 Å². The van der Waals surface area contributed by atoms with Gasteiger partial charge in [-0.25, -0.2) is 0 Å². The SMILES string of the molecule is C1=CCC/C=C/C=C\C/C=C\C1. The van der Waals surface area contributed by atoms with Crippen molar-refractivity contribution < 1.29 is 0 Å². The summed E-state index contributed by atoms with van der Waals surface area (Å²) in [5.41, 5.74) is 0. The van der Waals surface area contributed by atoms with Crippen LogP contribution in [0.3, 0.4) is 0 Å². The molecule has 0 radical (unpaired) electrons. The number of hydrogen-bond donors (Lipinski definition) is 0. The second-order valence-electron chi connectivity index (χ2n) is 2.85. The molecule has 0 aromatic rings. The Labute approximate surface area is 75.0 Å². The molecule has 1 aliphatic rings. The summed E-state index contributed by atoms with van der Waals surface area (Å²) in [6.45, 7) is 0. The van der Waals surface area contributed by atoms with Crippen molar-refractivity contribution in [2.45, 2.75) is 25.7 Å². The van der Waals surface area contributed by atoms with E-state index in [2.05, 4.69) is 48.6 Å². The molecule has 0 saturated heterocycles. The molecule has 0 atom stereocenters. The fourth-order valence-corrected chi connectivity index (χ4v) is 1.09. The Kier molecular flexibility index (Phi) is 5.02. The van der Waals surface area contributed by atoms with Gasteiger partial charge in [-0.3, -0.25) is 0 Å². The maximum absolute atomic E-state index is 2.25. The zero-order valence-electron chi connectivity index (χ0n) is 7.45. The van der Waals surface area contributed by atoms with E-state index in [9.17, 15) is 0 Å². The smallest absolute Gasteiger partial charge is 0.0166 e. The van der Waals surface area contributed by atoms with E-state index in [4.69, 9.17) is 0 Å². The summed E-state index contributed by atoms with van der Waals surface area (Å²) in [7, 11) is 0. The van der Waals surface area contributed by atoms with Gasteiger partial charge >= 0.3 is 0 Å². The highest BCUT2D eigenvalue weighted by atomic mass is 13.8. The van der Waals surface area contributed by atoms with Crippen LogP contribution in [-0.2, 0) is 0 Å². The van der Waals surface area contributed by atoms with Crippen LogP contribution < -0.4 is 0 Å². The molecule has 0 bridgehead atoms. The Hall–Kier alpha value is -1.04. The van der Waals surface area contributed by atoms with Crippen LogP contribution in [0.25, 0.3) is 0 Å². The number of allylic oxidation sites excluding steroid dienone is 8. The van der Waals surface area contributed by atoms with Crippen molar-refractivity contribution in [3.05, 3.63) is 48.6 Å². The van der Waals surface area contributed by atoms with E-state index in [1.165, 1.54) is 0 Å². The van der Waals surface area contributed by atoms with Gasteiger partial charge in [0.05, 0.1) is 0 Å². The highest BCUT2D eigenvalue weighted by Gasteiger charge is 1.77. The van der Waals surface area contributed by atoms with E-state index in [-0.39, 0.29) is 0 Å². The average molecular weight is 160 g/mol. The van der Waals surface area contributed by atoms with Crippen molar-refractivity contribution in [2.24, 2.45) is 0 Å². The number of rotatable bonds is 0. The van der Waals surface area contributed by atoms with Crippen LogP contribution in [0.4, 0.5) is 0 Å². The molecule has 0 spiro atoms. The largest absolute Gasteiger partial charge is 0.0879 e. The lowest BCUT2D eigenvalue weighted by molar-refractivity contribution is 1.04. The Morgan fingerprint density at radius 3 is 2.00 bits per heavy atom. The Morgan fingerprint density at radius 1 is 0.500 bits per heavy atom. The van der Waals surface area contributed by atoms with Crippen LogP contribution >= 0.6 is 0 Å². The summed E-state index contributed by atoms with van der Waals surface area (Å²) < 4.78 is 0. The fourth-order valence-electron chi connectivity index (χ4n) is 1.09. The lowest BCUT2D eigenvalue weighted by Crippen LogP contribution is -1.67. The first-order valence-electron chi connectivity index (χ1n) is 4.62. The molecule has 0 fully saturated rings. The second-order valence-corrected chi connectivity index (χ2v) is 2.85. The summed E-state index contributed by atoms with van der Waals surface area (Å²) in [4.78, 5) is 0. The van der Waals surface area contributed by atoms with Gasteiger partial charge in [0, 0.05) is 0 Å². The topological polar surface area (TPSA) is 0 Å². The lowest BCUT2D eigenvalue weighted by Gasteiger charge is -1.88. The van der Waals surface area contributed by atoms with Crippen molar-refractivity contribution in [3.63, 3.8) is 0 Å². The predicted molar refractivity (Wildman–Crippen MR) is 55.0 cm³/mol. The van der Waals surface area contributed by atoms with E-state index < -0.39 is 0 Å². The molecule has 0 N–H and O–H groups in total. The van der Waals surface area contributed by atoms with Crippen LogP contribution in [-0.4, -0.2) is 0 Å². The molecular weight excluding hydrogens is 144 g/mol. The van der Waals surface area contributed by atoms with Gasteiger partial charge in [0.2, 0.25) is 0 Å². The first-order valence-corrected chi connectivity index (χ1v) is 4.62. The minimum absolute atomic E-state index is 1.05. The second kappa shape index (κ2) is 6.66. The van der Waals surface area contributed by atoms with Crippen molar-refractivity contribution in [1.29, 1.82) is 0 Å². The molecule has 1 rings (SSSR count). The Morgan fingerprint density at radius 2 is 1.08 bits per heavy atom. The highest BCUT2D eigenvalue weighted by molar-refractivity contribution is 5.06. The van der Waals surface area contributed by atoms with E-state index in [0.29, 0.717) is 0 Å². The third-order valence-corrected chi connectivity index (χ3v) is 1.76. The van der Waals surface area contributed by atoms with Gasteiger partial charge in [-0.2, -0.15) is 0 Å². The summed E-state index contributed by atoms with van der Waals surface area (Å²) in [6.07, 6.45) is 22.0. The quantitative estimate of drug-likeness (QED) is 0.473. The summed E-state index contributed by atoms with van der Waals surface area (Å²) >= 11 is 0. The maximum atomic E-state index is 2.25. The average Bonchev–Trinajstić information content (AvgIpc) is 2.05. The van der Waals surface area contributed by atoms with Crippen molar-refractivity contribution in [1.82, 2.24) is 0 Å². The van der Waals surface area contributed by atoms with Crippen LogP contribution in [0.5, 0.6) is 0 Å². The molecule has 0 unspecified atom stereocenters. The number of hydrogen-bond acceptors (Lipinski definition) is 0. The Balaban J connectivity index is 2.41. The van der Waals surface area contributed by atoms with Gasteiger partial charge in [0.15, 0.2) is 0 Å². The minimum atomic E-state index is 1.05. The molecular formula is C12H16. The summed E-state index contributed by atoms with van der Waals surface area (Å²) in [5.74, 6) is 0. The first-order chi connectivity index (χ1) is 6.00. The molecule has 0 aromatic carbocycles. The minimum Gasteiger partial charge on any atom is -0.0879 e. The molecule has 1 aliphatic carbocycles. The molecule has 0 heterocycles. The van der Waals surface area contributed by atoms with Crippen LogP contribution in [0, 0.1) is 0 Å². The first kappa shape index (κ1) is 9.05. The van der Waals surface area contributed by atoms with E-state index in [1.807, 2.05) is 0 Å². The highest BCUT2D eigenvalue weighted by Crippen LogP contribution is 1.98. The zero-order valence-corrected chi connectivity index (χ0v) is 7.45. The van der Waals surface area contributed by atoms with Gasteiger partial charge in [0.1, 0.15) is 0 Å². The van der Waals surface area contributed by atoms with E-state index in [1.54, 1.807) is 0 Å². The summed E-state index contributed by atoms with van der Waals surface area (Å²) in [5, 5.41) is 0. The molecule has 12 heavy (non-hydrogen) atoms. The lowest BCUT2D eigenvalue weighted by atomic mass is 10.2. The van der Waals surface area contributed by atoms with Crippen LogP contribution in [0.15, 0.2) is 48.6 Å². The molecule has 0 nitrogen and oxygen atoms in total. The fraction of sp³-hybridized carbons (Fsp3) is 0.333.